The molecule has 3 amide bonds. The predicted molar refractivity (Wildman–Crippen MR) is 83.2 cm³/mol. The Morgan fingerprint density at radius 2 is 1.52 bits per heavy atom. The van der Waals surface area contributed by atoms with Gasteiger partial charge in [-0.1, -0.05) is 24.3 Å². The maximum Gasteiger partial charge on any atom is 0.316 e. The Bertz CT molecular complexity index is 651. The molecule has 108 valence electrons. The maximum absolute atomic E-state index is 12.0. The molecule has 0 aromatic heterocycles. The van der Waals surface area contributed by atoms with Gasteiger partial charge in [-0.05, 0) is 42.3 Å². The second-order valence-electron chi connectivity index (χ2n) is 4.72. The highest BCUT2D eigenvalue weighted by atomic mass is 16.2. The highest BCUT2D eigenvalue weighted by molar-refractivity contribution is 5.93. The smallest absolute Gasteiger partial charge is 0.316 e. The summed E-state index contributed by atoms with van der Waals surface area (Å²) in [5.41, 5.74) is 8.37. The molecule has 0 aliphatic rings. The van der Waals surface area contributed by atoms with Crippen LogP contribution in [-0.2, 0) is 11.2 Å². The van der Waals surface area contributed by atoms with E-state index in [0.717, 1.165) is 11.1 Å². The predicted octanol–water partition coefficient (Wildman–Crippen LogP) is 2.67. The normalized spacial score (nSPS) is 9.95. The van der Waals surface area contributed by atoms with Gasteiger partial charge in [-0.2, -0.15) is 0 Å². The zero-order valence-electron chi connectivity index (χ0n) is 11.7. The van der Waals surface area contributed by atoms with E-state index in [4.69, 9.17) is 5.73 Å². The summed E-state index contributed by atoms with van der Waals surface area (Å²) in [6.45, 7) is 1.98. The SMILES string of the molecule is Cc1ccccc1CC(=O)Nc1ccc(NC(N)=O)cc1. The molecule has 2 aromatic carbocycles. The molecule has 0 radical (unpaired) electrons. The van der Waals surface area contributed by atoms with Gasteiger partial charge in [-0.3, -0.25) is 4.79 Å². The van der Waals surface area contributed by atoms with Crippen LogP contribution in [0.25, 0.3) is 0 Å². The van der Waals surface area contributed by atoms with Crippen molar-refractivity contribution in [3.05, 3.63) is 59.7 Å². The van der Waals surface area contributed by atoms with Gasteiger partial charge >= 0.3 is 6.03 Å². The van der Waals surface area contributed by atoms with Crippen LogP contribution in [0.3, 0.4) is 0 Å². The number of primary amides is 1. The summed E-state index contributed by atoms with van der Waals surface area (Å²) in [7, 11) is 0. The number of nitrogens with one attached hydrogen (secondary N) is 2. The Morgan fingerprint density at radius 3 is 2.10 bits per heavy atom. The molecule has 2 aromatic rings. The Balaban J connectivity index is 1.96. The summed E-state index contributed by atoms with van der Waals surface area (Å²) in [6, 6.07) is 13.9. The summed E-state index contributed by atoms with van der Waals surface area (Å²) in [5.74, 6) is -0.0834. The Labute approximate surface area is 123 Å². The zero-order valence-corrected chi connectivity index (χ0v) is 11.7. The first-order chi connectivity index (χ1) is 10.0. The summed E-state index contributed by atoms with van der Waals surface area (Å²) >= 11 is 0. The van der Waals surface area contributed by atoms with E-state index in [9.17, 15) is 9.59 Å². The van der Waals surface area contributed by atoms with Crippen LogP contribution in [-0.4, -0.2) is 11.9 Å². The molecule has 0 heterocycles. The number of anilines is 2. The molecule has 5 heteroatoms. The largest absolute Gasteiger partial charge is 0.351 e. The van der Waals surface area contributed by atoms with E-state index in [1.807, 2.05) is 31.2 Å². The van der Waals surface area contributed by atoms with E-state index in [-0.39, 0.29) is 5.91 Å². The van der Waals surface area contributed by atoms with E-state index in [0.29, 0.717) is 17.8 Å². The molecule has 0 spiro atoms. The summed E-state index contributed by atoms with van der Waals surface area (Å²) in [6.07, 6.45) is 0.327. The van der Waals surface area contributed by atoms with Crippen LogP contribution in [0.15, 0.2) is 48.5 Å². The van der Waals surface area contributed by atoms with Crippen molar-refractivity contribution in [1.82, 2.24) is 0 Å². The van der Waals surface area contributed by atoms with Gasteiger partial charge in [0, 0.05) is 11.4 Å². The lowest BCUT2D eigenvalue weighted by Gasteiger charge is -2.08. The molecule has 2 rings (SSSR count). The fraction of sp³-hybridized carbons (Fsp3) is 0.125. The van der Waals surface area contributed by atoms with E-state index in [2.05, 4.69) is 10.6 Å². The molecule has 0 fully saturated rings. The third kappa shape index (κ3) is 4.35. The van der Waals surface area contributed by atoms with Crippen molar-refractivity contribution in [1.29, 1.82) is 0 Å². The third-order valence-corrected chi connectivity index (χ3v) is 3.05. The third-order valence-electron chi connectivity index (χ3n) is 3.05. The molecule has 0 unspecified atom stereocenters. The topological polar surface area (TPSA) is 84.2 Å². The number of carbonyl (C=O) groups is 2. The lowest BCUT2D eigenvalue weighted by Crippen LogP contribution is -2.19. The maximum atomic E-state index is 12.0. The zero-order chi connectivity index (χ0) is 15.2. The first-order valence-corrected chi connectivity index (χ1v) is 6.55. The van der Waals surface area contributed by atoms with Crippen LogP contribution >= 0.6 is 0 Å². The molecule has 0 saturated heterocycles. The van der Waals surface area contributed by atoms with Crippen molar-refractivity contribution in [3.63, 3.8) is 0 Å². The van der Waals surface area contributed by atoms with Crippen LogP contribution in [0.5, 0.6) is 0 Å². The number of amides is 3. The van der Waals surface area contributed by atoms with Crippen LogP contribution in [0.1, 0.15) is 11.1 Å². The molecule has 0 aliphatic heterocycles. The molecule has 0 aliphatic carbocycles. The van der Waals surface area contributed by atoms with Gasteiger partial charge in [-0.25, -0.2) is 4.79 Å². The second kappa shape index (κ2) is 6.56. The van der Waals surface area contributed by atoms with Crippen molar-refractivity contribution in [2.45, 2.75) is 13.3 Å². The number of urea groups is 1. The number of benzene rings is 2. The average Bonchev–Trinajstić information content (AvgIpc) is 2.43. The number of hydrogen-bond acceptors (Lipinski definition) is 2. The van der Waals surface area contributed by atoms with Crippen molar-refractivity contribution >= 4 is 23.3 Å². The highest BCUT2D eigenvalue weighted by Gasteiger charge is 2.06. The van der Waals surface area contributed by atoms with Gasteiger partial charge in [0.15, 0.2) is 0 Å². The minimum absolute atomic E-state index is 0.0834. The Hall–Kier alpha value is -2.82. The number of aryl methyl sites for hydroxylation is 1. The van der Waals surface area contributed by atoms with Gasteiger partial charge in [0.2, 0.25) is 5.91 Å². The van der Waals surface area contributed by atoms with Crippen LogP contribution in [0.2, 0.25) is 0 Å². The Kier molecular flexibility index (Phi) is 4.56. The van der Waals surface area contributed by atoms with E-state index in [1.165, 1.54) is 0 Å². The van der Waals surface area contributed by atoms with Gasteiger partial charge in [0.25, 0.3) is 0 Å². The van der Waals surface area contributed by atoms with Gasteiger partial charge < -0.3 is 16.4 Å². The minimum atomic E-state index is -0.619. The second-order valence-corrected chi connectivity index (χ2v) is 4.72. The molecule has 0 atom stereocenters. The quantitative estimate of drug-likeness (QED) is 0.806. The lowest BCUT2D eigenvalue weighted by molar-refractivity contribution is -0.115. The molecular weight excluding hydrogens is 266 g/mol. The molecule has 0 saturated carbocycles. The number of carbonyl (C=O) groups excluding carboxylic acids is 2. The van der Waals surface area contributed by atoms with Crippen molar-refractivity contribution in [2.24, 2.45) is 5.73 Å². The highest BCUT2D eigenvalue weighted by Crippen LogP contribution is 2.14. The molecule has 4 N–H and O–H groups in total. The average molecular weight is 283 g/mol. The van der Waals surface area contributed by atoms with Gasteiger partial charge in [-0.15, -0.1) is 0 Å². The Morgan fingerprint density at radius 1 is 0.952 bits per heavy atom. The monoisotopic (exact) mass is 283 g/mol. The van der Waals surface area contributed by atoms with Crippen LogP contribution < -0.4 is 16.4 Å². The van der Waals surface area contributed by atoms with Crippen molar-refractivity contribution in [2.75, 3.05) is 10.6 Å². The number of nitrogens with two attached hydrogens (primary N) is 1. The van der Waals surface area contributed by atoms with E-state index >= 15 is 0 Å². The van der Waals surface area contributed by atoms with Gasteiger partial charge in [0.1, 0.15) is 0 Å². The van der Waals surface area contributed by atoms with Crippen LogP contribution in [0.4, 0.5) is 16.2 Å². The van der Waals surface area contributed by atoms with Crippen molar-refractivity contribution in [3.8, 4) is 0 Å². The van der Waals surface area contributed by atoms with Crippen molar-refractivity contribution < 1.29 is 9.59 Å². The summed E-state index contributed by atoms with van der Waals surface area (Å²) in [4.78, 5) is 22.7. The summed E-state index contributed by atoms with van der Waals surface area (Å²) < 4.78 is 0. The molecule has 21 heavy (non-hydrogen) atoms. The standard InChI is InChI=1S/C16H17N3O2/c1-11-4-2-3-5-12(11)10-15(20)18-13-6-8-14(9-7-13)19-16(17)21/h2-9H,10H2,1H3,(H,18,20)(H3,17,19,21). The minimum Gasteiger partial charge on any atom is -0.351 e. The lowest BCUT2D eigenvalue weighted by atomic mass is 10.1. The number of hydrogen-bond donors (Lipinski definition) is 3. The van der Waals surface area contributed by atoms with Crippen LogP contribution in [0, 0.1) is 6.92 Å². The fourth-order valence-electron chi connectivity index (χ4n) is 1.97. The van der Waals surface area contributed by atoms with E-state index < -0.39 is 6.03 Å². The fourth-order valence-corrected chi connectivity index (χ4v) is 1.97. The molecular formula is C16H17N3O2. The number of rotatable bonds is 4. The van der Waals surface area contributed by atoms with E-state index in [1.54, 1.807) is 24.3 Å². The molecule has 5 nitrogen and oxygen atoms in total. The first kappa shape index (κ1) is 14.6. The summed E-state index contributed by atoms with van der Waals surface area (Å²) in [5, 5.41) is 5.27. The molecule has 0 bridgehead atoms. The van der Waals surface area contributed by atoms with Gasteiger partial charge in [0.05, 0.1) is 6.42 Å². The first-order valence-electron chi connectivity index (χ1n) is 6.55.